The first kappa shape index (κ1) is 22.1. The molecule has 1 aromatic rings. The van der Waals surface area contributed by atoms with E-state index in [-0.39, 0.29) is 30.4 Å². The van der Waals surface area contributed by atoms with E-state index in [1.54, 1.807) is 0 Å². The number of benzene rings is 1. The molecule has 1 heterocycles. The fraction of sp³-hybridized carbons (Fsp3) is 0.591. The van der Waals surface area contributed by atoms with E-state index in [9.17, 15) is 14.4 Å². The molecule has 0 atom stereocenters. The number of hydrogen-bond donors (Lipinski definition) is 0. The van der Waals surface area contributed by atoms with Crippen LogP contribution in [0.1, 0.15) is 48.2 Å². The molecule has 0 saturated carbocycles. The Kier molecular flexibility index (Phi) is 8.18. The Hall–Kier alpha value is -2.21. The Morgan fingerprint density at radius 3 is 2.14 bits per heavy atom. The molecular weight excluding hydrogens is 354 g/mol. The number of nitrogens with zero attached hydrogens (tertiary/aromatic N) is 3. The molecule has 154 valence electrons. The zero-order valence-electron chi connectivity index (χ0n) is 17.7. The van der Waals surface area contributed by atoms with Gasteiger partial charge in [-0.3, -0.25) is 19.3 Å². The Balaban J connectivity index is 1.76. The van der Waals surface area contributed by atoms with Crippen molar-refractivity contribution in [3.05, 3.63) is 34.9 Å². The molecule has 0 aliphatic carbocycles. The fourth-order valence-corrected chi connectivity index (χ4v) is 3.46. The van der Waals surface area contributed by atoms with Crippen molar-refractivity contribution in [2.45, 2.75) is 40.5 Å². The van der Waals surface area contributed by atoms with Crippen LogP contribution in [0.15, 0.2) is 18.2 Å². The van der Waals surface area contributed by atoms with Gasteiger partial charge in [-0.25, -0.2) is 0 Å². The highest BCUT2D eigenvalue weighted by atomic mass is 16.2. The minimum absolute atomic E-state index is 0.0138. The van der Waals surface area contributed by atoms with Gasteiger partial charge in [0.15, 0.2) is 5.78 Å². The fourth-order valence-electron chi connectivity index (χ4n) is 3.46. The second kappa shape index (κ2) is 10.4. The number of piperazine rings is 1. The molecule has 28 heavy (non-hydrogen) atoms. The summed E-state index contributed by atoms with van der Waals surface area (Å²) in [7, 11) is 0. The van der Waals surface area contributed by atoms with Gasteiger partial charge in [-0.2, -0.15) is 0 Å². The molecule has 0 radical (unpaired) electrons. The Labute approximate surface area is 168 Å². The van der Waals surface area contributed by atoms with Crippen molar-refractivity contribution in [3.63, 3.8) is 0 Å². The van der Waals surface area contributed by atoms with E-state index in [4.69, 9.17) is 0 Å². The van der Waals surface area contributed by atoms with Crippen molar-refractivity contribution >= 4 is 17.6 Å². The van der Waals surface area contributed by atoms with E-state index in [0.29, 0.717) is 38.3 Å². The smallest absolute Gasteiger partial charge is 0.236 e. The third-order valence-electron chi connectivity index (χ3n) is 5.59. The van der Waals surface area contributed by atoms with E-state index < -0.39 is 0 Å². The van der Waals surface area contributed by atoms with Gasteiger partial charge in [-0.15, -0.1) is 0 Å². The zero-order valence-corrected chi connectivity index (χ0v) is 17.7. The summed E-state index contributed by atoms with van der Waals surface area (Å²) in [5.74, 6) is 0.176. The van der Waals surface area contributed by atoms with E-state index in [1.807, 2.05) is 55.7 Å². The summed E-state index contributed by atoms with van der Waals surface area (Å²) in [5.41, 5.74) is 2.92. The summed E-state index contributed by atoms with van der Waals surface area (Å²) in [6.45, 7) is 12.5. The molecule has 0 N–H and O–H groups in total. The molecule has 0 unspecified atom stereocenters. The average molecular weight is 388 g/mol. The average Bonchev–Trinajstić information content (AvgIpc) is 2.69. The van der Waals surface area contributed by atoms with Crippen molar-refractivity contribution < 1.29 is 14.4 Å². The Bertz CT molecular complexity index is 705. The minimum atomic E-state index is 0.0138. The van der Waals surface area contributed by atoms with Crippen LogP contribution >= 0.6 is 0 Å². The Morgan fingerprint density at radius 1 is 0.929 bits per heavy atom. The largest absolute Gasteiger partial charge is 0.342 e. The summed E-state index contributed by atoms with van der Waals surface area (Å²) in [5, 5.41) is 0. The van der Waals surface area contributed by atoms with Crippen LogP contribution in [0.5, 0.6) is 0 Å². The van der Waals surface area contributed by atoms with Gasteiger partial charge in [-0.05, 0) is 44.9 Å². The lowest BCUT2D eigenvalue weighted by Crippen LogP contribution is -2.51. The van der Waals surface area contributed by atoms with Crippen LogP contribution in [-0.2, 0) is 9.59 Å². The van der Waals surface area contributed by atoms with Crippen molar-refractivity contribution in [3.8, 4) is 0 Å². The number of amides is 2. The van der Waals surface area contributed by atoms with E-state index in [0.717, 1.165) is 24.2 Å². The molecule has 2 amide bonds. The molecule has 0 aromatic heterocycles. The number of likely N-dealkylation sites (N-methyl/N-ethyl adjacent to an activating group) is 1. The first-order valence-corrected chi connectivity index (χ1v) is 10.2. The van der Waals surface area contributed by atoms with Gasteiger partial charge in [0, 0.05) is 57.7 Å². The van der Waals surface area contributed by atoms with Crippen molar-refractivity contribution in [1.82, 2.24) is 14.7 Å². The number of aryl methyl sites for hydroxylation is 2. The molecule has 6 nitrogen and oxygen atoms in total. The summed E-state index contributed by atoms with van der Waals surface area (Å²) < 4.78 is 0. The first-order valence-electron chi connectivity index (χ1n) is 10.2. The van der Waals surface area contributed by atoms with Crippen LogP contribution in [-0.4, -0.2) is 78.1 Å². The predicted molar refractivity (Wildman–Crippen MR) is 110 cm³/mol. The van der Waals surface area contributed by atoms with Crippen LogP contribution in [0, 0.1) is 13.8 Å². The van der Waals surface area contributed by atoms with Gasteiger partial charge in [-0.1, -0.05) is 12.1 Å². The number of Topliss-reactive ketones (excluding diaryl/α,β-unsaturated/α-hetero) is 1. The molecule has 0 bridgehead atoms. The molecule has 1 saturated heterocycles. The van der Waals surface area contributed by atoms with Gasteiger partial charge in [0.05, 0.1) is 6.54 Å². The quantitative estimate of drug-likeness (QED) is 0.642. The number of ketones is 1. The SMILES string of the molecule is CCN(CC)C(=O)CN1CCN(C(=O)CCC(=O)c2ccc(C)c(C)c2)CC1. The summed E-state index contributed by atoms with van der Waals surface area (Å²) >= 11 is 0. The molecule has 2 rings (SSSR count). The summed E-state index contributed by atoms with van der Waals surface area (Å²) in [6, 6.07) is 5.68. The number of hydrogen-bond acceptors (Lipinski definition) is 4. The highest BCUT2D eigenvalue weighted by Gasteiger charge is 2.24. The first-order chi connectivity index (χ1) is 13.3. The van der Waals surface area contributed by atoms with Gasteiger partial charge in [0.1, 0.15) is 0 Å². The highest BCUT2D eigenvalue weighted by molar-refractivity contribution is 5.98. The van der Waals surface area contributed by atoms with Crippen LogP contribution in [0.25, 0.3) is 0 Å². The number of carbonyl (C=O) groups excluding carboxylic acids is 3. The Morgan fingerprint density at radius 2 is 1.57 bits per heavy atom. The van der Waals surface area contributed by atoms with Crippen LogP contribution in [0.2, 0.25) is 0 Å². The van der Waals surface area contributed by atoms with Gasteiger partial charge < -0.3 is 9.80 Å². The van der Waals surface area contributed by atoms with Crippen molar-refractivity contribution in [1.29, 1.82) is 0 Å². The second-order valence-electron chi connectivity index (χ2n) is 7.45. The van der Waals surface area contributed by atoms with Crippen LogP contribution in [0.4, 0.5) is 0 Å². The monoisotopic (exact) mass is 387 g/mol. The molecule has 1 fully saturated rings. The number of rotatable bonds is 8. The topological polar surface area (TPSA) is 60.9 Å². The van der Waals surface area contributed by atoms with Gasteiger partial charge >= 0.3 is 0 Å². The normalized spacial score (nSPS) is 14.8. The van der Waals surface area contributed by atoms with E-state index in [1.165, 1.54) is 0 Å². The highest BCUT2D eigenvalue weighted by Crippen LogP contribution is 2.13. The molecule has 1 aromatic carbocycles. The minimum Gasteiger partial charge on any atom is -0.342 e. The van der Waals surface area contributed by atoms with Crippen LogP contribution < -0.4 is 0 Å². The zero-order chi connectivity index (χ0) is 20.7. The number of carbonyl (C=O) groups is 3. The third kappa shape index (κ3) is 5.89. The van der Waals surface area contributed by atoms with Crippen LogP contribution in [0.3, 0.4) is 0 Å². The molecule has 1 aliphatic rings. The molecular formula is C22H33N3O3. The summed E-state index contributed by atoms with van der Waals surface area (Å²) in [4.78, 5) is 42.8. The predicted octanol–water partition coefficient (Wildman–Crippen LogP) is 2.28. The van der Waals surface area contributed by atoms with Gasteiger partial charge in [0.25, 0.3) is 0 Å². The maximum Gasteiger partial charge on any atom is 0.236 e. The maximum atomic E-state index is 12.5. The lowest BCUT2D eigenvalue weighted by molar-refractivity contribution is -0.135. The van der Waals surface area contributed by atoms with Gasteiger partial charge in [0.2, 0.25) is 11.8 Å². The standard InChI is InChI=1S/C22H33N3O3/c1-5-24(6-2)22(28)16-23-11-13-25(14-12-23)21(27)10-9-20(26)19-8-7-17(3)18(4)15-19/h7-8,15H,5-6,9-14,16H2,1-4H3. The van der Waals surface area contributed by atoms with E-state index in [2.05, 4.69) is 4.90 Å². The lowest BCUT2D eigenvalue weighted by Gasteiger charge is -2.35. The van der Waals surface area contributed by atoms with Crippen molar-refractivity contribution in [2.24, 2.45) is 0 Å². The second-order valence-corrected chi connectivity index (χ2v) is 7.45. The summed E-state index contributed by atoms with van der Waals surface area (Å²) in [6.07, 6.45) is 0.478. The molecule has 0 spiro atoms. The van der Waals surface area contributed by atoms with E-state index >= 15 is 0 Å². The third-order valence-corrected chi connectivity index (χ3v) is 5.59. The molecule has 6 heteroatoms. The maximum absolute atomic E-state index is 12.5. The molecule has 1 aliphatic heterocycles. The van der Waals surface area contributed by atoms with Crippen molar-refractivity contribution in [2.75, 3.05) is 45.8 Å². The lowest BCUT2D eigenvalue weighted by atomic mass is 10.0.